The highest BCUT2D eigenvalue weighted by molar-refractivity contribution is 5.93. The topological polar surface area (TPSA) is 56.3 Å². The first-order chi connectivity index (χ1) is 10.7. The van der Waals surface area contributed by atoms with Crippen LogP contribution in [-0.4, -0.2) is 16.3 Å². The number of hydrogen-bond acceptors (Lipinski definition) is 5. The first-order valence-corrected chi connectivity index (χ1v) is 7.15. The number of ether oxygens (including phenoxy) is 2. The fourth-order valence-corrected chi connectivity index (χ4v) is 2.50. The second-order valence-electron chi connectivity index (χ2n) is 5.33. The van der Waals surface area contributed by atoms with Crippen molar-refractivity contribution < 1.29 is 9.47 Å². The van der Waals surface area contributed by atoms with Gasteiger partial charge in [0.25, 0.3) is 0 Å². The molecule has 1 aliphatic heterocycles. The summed E-state index contributed by atoms with van der Waals surface area (Å²) in [7, 11) is 0. The Labute approximate surface area is 127 Å². The lowest BCUT2D eigenvalue weighted by atomic mass is 10.2. The van der Waals surface area contributed by atoms with Gasteiger partial charge >= 0.3 is 0 Å². The maximum atomic E-state index is 5.63. The first-order valence-electron chi connectivity index (χ1n) is 7.15. The summed E-state index contributed by atoms with van der Waals surface area (Å²) in [4.78, 5) is 8.66. The van der Waals surface area contributed by atoms with E-state index in [-0.39, 0.29) is 6.29 Å². The fraction of sp³-hybridized carbons (Fsp3) is 0.176. The molecule has 4 rings (SSSR count). The van der Waals surface area contributed by atoms with Crippen molar-refractivity contribution in [2.45, 2.75) is 20.1 Å². The third kappa shape index (κ3) is 2.20. The zero-order valence-corrected chi connectivity index (χ0v) is 12.3. The summed E-state index contributed by atoms with van der Waals surface area (Å²) < 4.78 is 11.2. The molecule has 1 atom stereocenters. The molecular weight excluding hydrogens is 278 g/mol. The van der Waals surface area contributed by atoms with Crippen LogP contribution in [0.4, 0.5) is 11.5 Å². The number of aromatic nitrogens is 2. The molecule has 1 unspecified atom stereocenters. The van der Waals surface area contributed by atoms with Crippen LogP contribution in [-0.2, 0) is 0 Å². The minimum absolute atomic E-state index is 0.270. The molecule has 0 bridgehead atoms. The molecule has 5 heteroatoms. The number of rotatable bonds is 2. The maximum Gasteiger partial charge on any atom is 0.238 e. The van der Waals surface area contributed by atoms with Crippen molar-refractivity contribution in [1.82, 2.24) is 9.97 Å². The van der Waals surface area contributed by atoms with Crippen LogP contribution < -0.4 is 14.8 Å². The third-order valence-corrected chi connectivity index (χ3v) is 3.60. The van der Waals surface area contributed by atoms with Crippen molar-refractivity contribution in [3.05, 3.63) is 48.3 Å². The molecule has 0 saturated heterocycles. The zero-order chi connectivity index (χ0) is 15.1. The van der Waals surface area contributed by atoms with E-state index < -0.39 is 0 Å². The summed E-state index contributed by atoms with van der Waals surface area (Å²) in [5, 5.41) is 4.23. The summed E-state index contributed by atoms with van der Waals surface area (Å²) in [6.45, 7) is 3.92. The highest BCUT2D eigenvalue weighted by Crippen LogP contribution is 2.39. The molecule has 0 amide bonds. The normalized spacial score (nSPS) is 16.0. The van der Waals surface area contributed by atoms with E-state index in [4.69, 9.17) is 9.47 Å². The molecule has 0 saturated carbocycles. The first kappa shape index (κ1) is 12.9. The van der Waals surface area contributed by atoms with Crippen LogP contribution in [0.5, 0.6) is 11.5 Å². The minimum atomic E-state index is -0.270. The van der Waals surface area contributed by atoms with E-state index >= 15 is 0 Å². The summed E-state index contributed by atoms with van der Waals surface area (Å²) in [5.74, 6) is 2.20. The molecule has 0 fully saturated rings. The summed E-state index contributed by atoms with van der Waals surface area (Å²) >= 11 is 0. The summed E-state index contributed by atoms with van der Waals surface area (Å²) in [6.07, 6.45) is 1.28. The van der Waals surface area contributed by atoms with Crippen molar-refractivity contribution >= 4 is 22.4 Å². The van der Waals surface area contributed by atoms with Crippen LogP contribution in [0.2, 0.25) is 0 Å². The van der Waals surface area contributed by atoms with Crippen molar-refractivity contribution in [3.63, 3.8) is 0 Å². The van der Waals surface area contributed by atoms with E-state index in [2.05, 4.69) is 34.3 Å². The number of hydrogen-bond donors (Lipinski definition) is 1. The molecule has 0 aliphatic carbocycles. The van der Waals surface area contributed by atoms with Gasteiger partial charge in [0, 0.05) is 24.1 Å². The molecule has 110 valence electrons. The zero-order valence-electron chi connectivity index (χ0n) is 12.3. The molecule has 22 heavy (non-hydrogen) atoms. The Hall–Kier alpha value is -2.82. The van der Waals surface area contributed by atoms with Gasteiger partial charge in [0.1, 0.15) is 12.1 Å². The molecule has 0 spiro atoms. The standard InChI is InChI=1S/C17H15N3O2/c1-10-3-5-12(6-4-10)20-17-13-7-15-16(22-11(2)21-15)8-14(13)18-9-19-17/h3-9,11H,1-2H3,(H,18,19,20). The molecule has 5 nitrogen and oxygen atoms in total. The van der Waals surface area contributed by atoms with Gasteiger partial charge in [-0.05, 0) is 25.1 Å². The number of nitrogens with one attached hydrogen (secondary N) is 1. The van der Waals surface area contributed by atoms with E-state index in [0.717, 1.165) is 33.9 Å². The van der Waals surface area contributed by atoms with Crippen molar-refractivity contribution in [1.29, 1.82) is 0 Å². The maximum absolute atomic E-state index is 5.63. The van der Waals surface area contributed by atoms with Crippen molar-refractivity contribution in [2.75, 3.05) is 5.32 Å². The predicted molar refractivity (Wildman–Crippen MR) is 84.7 cm³/mol. The lowest BCUT2D eigenvalue weighted by Gasteiger charge is -2.09. The van der Waals surface area contributed by atoms with Crippen LogP contribution in [0.1, 0.15) is 12.5 Å². The molecule has 1 N–H and O–H groups in total. The quantitative estimate of drug-likeness (QED) is 0.779. The van der Waals surface area contributed by atoms with Gasteiger partial charge in [-0.15, -0.1) is 0 Å². The van der Waals surface area contributed by atoms with Crippen LogP contribution in [0.15, 0.2) is 42.7 Å². The van der Waals surface area contributed by atoms with E-state index in [0.29, 0.717) is 0 Å². The lowest BCUT2D eigenvalue weighted by molar-refractivity contribution is 0.0679. The van der Waals surface area contributed by atoms with Gasteiger partial charge in [-0.25, -0.2) is 9.97 Å². The van der Waals surface area contributed by atoms with Gasteiger partial charge in [0.05, 0.1) is 5.52 Å². The second-order valence-corrected chi connectivity index (χ2v) is 5.33. The van der Waals surface area contributed by atoms with Crippen LogP contribution in [0.3, 0.4) is 0 Å². The molecular formula is C17H15N3O2. The van der Waals surface area contributed by atoms with E-state index in [9.17, 15) is 0 Å². The number of aryl methyl sites for hydroxylation is 1. The molecule has 0 radical (unpaired) electrons. The van der Waals surface area contributed by atoms with Crippen molar-refractivity contribution in [2.24, 2.45) is 0 Å². The van der Waals surface area contributed by atoms with E-state index in [1.54, 1.807) is 6.33 Å². The molecule has 2 heterocycles. The fourth-order valence-electron chi connectivity index (χ4n) is 2.50. The Morgan fingerprint density at radius 2 is 1.73 bits per heavy atom. The highest BCUT2D eigenvalue weighted by atomic mass is 16.7. The number of nitrogens with zero attached hydrogens (tertiary/aromatic N) is 2. The van der Waals surface area contributed by atoms with Gasteiger partial charge < -0.3 is 14.8 Å². The van der Waals surface area contributed by atoms with Gasteiger partial charge in [-0.1, -0.05) is 17.7 Å². The highest BCUT2D eigenvalue weighted by Gasteiger charge is 2.22. The SMILES string of the molecule is Cc1ccc(Nc2ncnc3cc4c(cc23)OC(C)O4)cc1. The van der Waals surface area contributed by atoms with Gasteiger partial charge in [-0.3, -0.25) is 0 Å². The minimum Gasteiger partial charge on any atom is -0.451 e. The predicted octanol–water partition coefficient (Wildman–Crippen LogP) is 3.80. The van der Waals surface area contributed by atoms with Crippen LogP contribution in [0.25, 0.3) is 10.9 Å². The Kier molecular flexibility index (Phi) is 2.85. The number of benzene rings is 2. The van der Waals surface area contributed by atoms with Gasteiger partial charge in [0.2, 0.25) is 6.29 Å². The average Bonchev–Trinajstić information content (AvgIpc) is 2.87. The lowest BCUT2D eigenvalue weighted by Crippen LogP contribution is -2.11. The largest absolute Gasteiger partial charge is 0.451 e. The Balaban J connectivity index is 1.78. The van der Waals surface area contributed by atoms with Crippen molar-refractivity contribution in [3.8, 4) is 11.5 Å². The number of anilines is 2. The molecule has 1 aliphatic rings. The summed E-state index contributed by atoms with van der Waals surface area (Å²) in [5.41, 5.74) is 3.02. The molecule has 2 aromatic carbocycles. The Morgan fingerprint density at radius 3 is 2.50 bits per heavy atom. The number of fused-ring (bicyclic) bond motifs is 2. The monoisotopic (exact) mass is 293 g/mol. The van der Waals surface area contributed by atoms with E-state index in [1.165, 1.54) is 5.56 Å². The van der Waals surface area contributed by atoms with E-state index in [1.807, 2.05) is 31.2 Å². The molecule has 1 aromatic heterocycles. The van der Waals surface area contributed by atoms with Gasteiger partial charge in [0.15, 0.2) is 11.5 Å². The third-order valence-electron chi connectivity index (χ3n) is 3.60. The Morgan fingerprint density at radius 1 is 1.00 bits per heavy atom. The van der Waals surface area contributed by atoms with Crippen LogP contribution in [0, 0.1) is 6.92 Å². The van der Waals surface area contributed by atoms with Gasteiger partial charge in [-0.2, -0.15) is 0 Å². The summed E-state index contributed by atoms with van der Waals surface area (Å²) in [6, 6.07) is 12.0. The van der Waals surface area contributed by atoms with Crippen LogP contribution >= 0.6 is 0 Å². The second kappa shape index (κ2) is 4.87. The Bertz CT molecular complexity index is 846. The average molecular weight is 293 g/mol. The smallest absolute Gasteiger partial charge is 0.238 e. The molecule has 3 aromatic rings.